The number of piperidine rings is 1. The Morgan fingerprint density at radius 2 is 1.91 bits per heavy atom. The third-order valence-electron chi connectivity index (χ3n) is 4.81. The second kappa shape index (κ2) is 8.76. The van der Waals surface area contributed by atoms with E-state index in [2.05, 4.69) is 30.4 Å². The van der Waals surface area contributed by atoms with E-state index in [9.17, 15) is 4.79 Å². The molecular formula is C17H27Cl2N3O. The molecule has 6 heteroatoms. The van der Waals surface area contributed by atoms with Gasteiger partial charge < -0.3 is 15.1 Å². The van der Waals surface area contributed by atoms with E-state index in [4.69, 9.17) is 0 Å². The Morgan fingerprint density at radius 3 is 2.57 bits per heavy atom. The SMILES string of the molecule is CN(C)C1CCN(C(=O)c2cccc3c2CCCN3)CC1.Cl.Cl. The molecule has 3 rings (SSSR count). The van der Waals surface area contributed by atoms with Crippen LogP contribution in [0.25, 0.3) is 0 Å². The predicted molar refractivity (Wildman–Crippen MR) is 100 cm³/mol. The zero-order valence-corrected chi connectivity index (χ0v) is 15.5. The maximum absolute atomic E-state index is 12.8. The van der Waals surface area contributed by atoms with Crippen LogP contribution in [0.4, 0.5) is 5.69 Å². The highest BCUT2D eigenvalue weighted by atomic mass is 35.5. The van der Waals surface area contributed by atoms with E-state index in [1.165, 1.54) is 5.56 Å². The molecule has 0 aliphatic carbocycles. The van der Waals surface area contributed by atoms with E-state index >= 15 is 0 Å². The number of fused-ring (bicyclic) bond motifs is 1. The first-order chi connectivity index (χ1) is 10.2. The third-order valence-corrected chi connectivity index (χ3v) is 4.81. The second-order valence-corrected chi connectivity index (χ2v) is 6.35. The van der Waals surface area contributed by atoms with Gasteiger partial charge in [-0.1, -0.05) is 6.07 Å². The molecule has 0 spiro atoms. The number of amides is 1. The minimum absolute atomic E-state index is 0. The van der Waals surface area contributed by atoms with Gasteiger partial charge in [0.05, 0.1) is 0 Å². The summed E-state index contributed by atoms with van der Waals surface area (Å²) in [7, 11) is 4.25. The Labute approximate surface area is 151 Å². The van der Waals surface area contributed by atoms with Gasteiger partial charge in [0.2, 0.25) is 0 Å². The normalized spacial score (nSPS) is 17.6. The van der Waals surface area contributed by atoms with Gasteiger partial charge in [0.15, 0.2) is 0 Å². The lowest BCUT2D eigenvalue weighted by Gasteiger charge is -2.35. The number of carbonyl (C=O) groups excluding carboxylic acids is 1. The van der Waals surface area contributed by atoms with Crippen molar-refractivity contribution in [2.75, 3.05) is 39.0 Å². The van der Waals surface area contributed by atoms with Gasteiger partial charge in [-0.2, -0.15) is 0 Å². The van der Waals surface area contributed by atoms with E-state index in [0.29, 0.717) is 6.04 Å². The fourth-order valence-electron chi connectivity index (χ4n) is 3.47. The fraction of sp³-hybridized carbons (Fsp3) is 0.588. The van der Waals surface area contributed by atoms with Gasteiger partial charge in [0.1, 0.15) is 0 Å². The minimum Gasteiger partial charge on any atom is -0.385 e. The number of hydrogen-bond acceptors (Lipinski definition) is 3. The van der Waals surface area contributed by atoms with Crippen molar-refractivity contribution in [3.05, 3.63) is 29.3 Å². The molecule has 130 valence electrons. The Balaban J connectivity index is 0.00000132. The van der Waals surface area contributed by atoms with Crippen molar-refractivity contribution in [1.29, 1.82) is 0 Å². The molecule has 0 saturated carbocycles. The van der Waals surface area contributed by atoms with E-state index < -0.39 is 0 Å². The summed E-state index contributed by atoms with van der Waals surface area (Å²) in [6, 6.07) is 6.69. The summed E-state index contributed by atoms with van der Waals surface area (Å²) in [4.78, 5) is 17.1. The number of halogens is 2. The predicted octanol–water partition coefficient (Wildman–Crippen LogP) is 3.05. The highest BCUT2D eigenvalue weighted by Crippen LogP contribution is 2.27. The van der Waals surface area contributed by atoms with E-state index in [0.717, 1.165) is 56.6 Å². The number of anilines is 1. The summed E-state index contributed by atoms with van der Waals surface area (Å²) in [5.74, 6) is 0.216. The zero-order chi connectivity index (χ0) is 14.8. The van der Waals surface area contributed by atoms with E-state index in [-0.39, 0.29) is 30.7 Å². The lowest BCUT2D eigenvalue weighted by atomic mass is 9.95. The molecule has 2 aliphatic heterocycles. The van der Waals surface area contributed by atoms with Gasteiger partial charge in [0.25, 0.3) is 5.91 Å². The van der Waals surface area contributed by atoms with Crippen molar-refractivity contribution in [3.8, 4) is 0 Å². The number of carbonyl (C=O) groups is 1. The van der Waals surface area contributed by atoms with Crippen LogP contribution in [0.2, 0.25) is 0 Å². The summed E-state index contributed by atoms with van der Waals surface area (Å²) >= 11 is 0. The van der Waals surface area contributed by atoms with Crippen molar-refractivity contribution < 1.29 is 4.79 Å². The van der Waals surface area contributed by atoms with Crippen LogP contribution in [0.15, 0.2) is 18.2 Å². The number of nitrogens with zero attached hydrogens (tertiary/aromatic N) is 2. The first-order valence-electron chi connectivity index (χ1n) is 7.98. The van der Waals surface area contributed by atoms with Crippen molar-refractivity contribution in [1.82, 2.24) is 9.80 Å². The molecule has 1 aromatic carbocycles. The monoisotopic (exact) mass is 359 g/mol. The number of nitrogens with one attached hydrogen (secondary N) is 1. The van der Waals surface area contributed by atoms with Crippen molar-refractivity contribution in [3.63, 3.8) is 0 Å². The van der Waals surface area contributed by atoms with Crippen LogP contribution >= 0.6 is 24.8 Å². The molecule has 2 aliphatic rings. The average Bonchev–Trinajstić information content (AvgIpc) is 2.53. The summed E-state index contributed by atoms with van der Waals surface area (Å²) in [5.41, 5.74) is 3.27. The lowest BCUT2D eigenvalue weighted by Crippen LogP contribution is -2.44. The van der Waals surface area contributed by atoms with Crippen molar-refractivity contribution in [2.45, 2.75) is 31.7 Å². The Kier molecular flexibility index (Phi) is 7.65. The van der Waals surface area contributed by atoms with Crippen LogP contribution in [0.1, 0.15) is 35.2 Å². The molecule has 1 N–H and O–H groups in total. The number of likely N-dealkylation sites (tertiary alicyclic amines) is 1. The standard InChI is InChI=1S/C17H25N3O.2ClH/c1-19(2)13-8-11-20(12-9-13)17(21)15-5-3-7-16-14(15)6-4-10-18-16;;/h3,5,7,13,18H,4,6,8-12H2,1-2H3;2*1H. The highest BCUT2D eigenvalue weighted by molar-refractivity contribution is 5.97. The number of rotatable bonds is 2. The van der Waals surface area contributed by atoms with Crippen LogP contribution in [-0.4, -0.2) is 55.5 Å². The Morgan fingerprint density at radius 1 is 1.22 bits per heavy atom. The number of benzene rings is 1. The van der Waals surface area contributed by atoms with Gasteiger partial charge in [-0.25, -0.2) is 0 Å². The Bertz CT molecular complexity index is 529. The molecule has 1 amide bonds. The minimum atomic E-state index is 0. The molecule has 1 fully saturated rings. The van der Waals surface area contributed by atoms with Gasteiger partial charge in [-0.05, 0) is 57.5 Å². The highest BCUT2D eigenvalue weighted by Gasteiger charge is 2.26. The van der Waals surface area contributed by atoms with Crippen molar-refractivity contribution >= 4 is 36.4 Å². The summed E-state index contributed by atoms with van der Waals surface area (Å²) in [6.07, 6.45) is 4.27. The van der Waals surface area contributed by atoms with Crippen LogP contribution in [0.3, 0.4) is 0 Å². The molecular weight excluding hydrogens is 333 g/mol. The maximum Gasteiger partial charge on any atom is 0.254 e. The van der Waals surface area contributed by atoms with Gasteiger partial charge in [0, 0.05) is 36.9 Å². The van der Waals surface area contributed by atoms with Gasteiger partial charge in [-0.3, -0.25) is 4.79 Å². The summed E-state index contributed by atoms with van der Waals surface area (Å²) < 4.78 is 0. The molecule has 0 bridgehead atoms. The molecule has 23 heavy (non-hydrogen) atoms. The Hall–Kier alpha value is -0.970. The quantitative estimate of drug-likeness (QED) is 0.881. The molecule has 1 aromatic rings. The first-order valence-corrected chi connectivity index (χ1v) is 7.98. The molecule has 4 nitrogen and oxygen atoms in total. The van der Waals surface area contributed by atoms with Gasteiger partial charge >= 0.3 is 0 Å². The first kappa shape index (κ1) is 20.1. The van der Waals surface area contributed by atoms with Gasteiger partial charge in [-0.15, -0.1) is 24.8 Å². The molecule has 0 aromatic heterocycles. The second-order valence-electron chi connectivity index (χ2n) is 6.35. The fourth-order valence-corrected chi connectivity index (χ4v) is 3.47. The topological polar surface area (TPSA) is 35.6 Å². The largest absolute Gasteiger partial charge is 0.385 e. The summed E-state index contributed by atoms with van der Waals surface area (Å²) in [5, 5.41) is 3.41. The van der Waals surface area contributed by atoms with E-state index in [1.807, 2.05) is 17.0 Å². The van der Waals surface area contributed by atoms with Crippen LogP contribution in [0, 0.1) is 0 Å². The summed E-state index contributed by atoms with van der Waals surface area (Å²) in [6.45, 7) is 2.76. The third kappa shape index (κ3) is 4.31. The van der Waals surface area contributed by atoms with Crippen molar-refractivity contribution in [2.24, 2.45) is 0 Å². The zero-order valence-electron chi connectivity index (χ0n) is 13.9. The van der Waals surface area contributed by atoms with Crippen LogP contribution in [-0.2, 0) is 6.42 Å². The molecule has 1 saturated heterocycles. The maximum atomic E-state index is 12.8. The average molecular weight is 360 g/mol. The molecule has 0 unspecified atom stereocenters. The van der Waals surface area contributed by atoms with Crippen LogP contribution in [0.5, 0.6) is 0 Å². The lowest BCUT2D eigenvalue weighted by molar-refractivity contribution is 0.0662. The molecule has 2 heterocycles. The molecule has 0 radical (unpaired) electrons. The van der Waals surface area contributed by atoms with Crippen LogP contribution < -0.4 is 5.32 Å². The smallest absolute Gasteiger partial charge is 0.254 e. The van der Waals surface area contributed by atoms with E-state index in [1.54, 1.807) is 0 Å². The molecule has 0 atom stereocenters. The number of hydrogen-bond donors (Lipinski definition) is 1.